The minimum Gasteiger partial charge on any atom is -0.381 e. The van der Waals surface area contributed by atoms with Gasteiger partial charge < -0.3 is 9.64 Å². The number of carbonyl (C=O) groups excluding carboxylic acids is 1. The molecule has 180 valence electrons. The number of carbonyl (C=O) groups is 1. The van der Waals surface area contributed by atoms with Crippen molar-refractivity contribution in [2.24, 2.45) is 5.92 Å². The van der Waals surface area contributed by atoms with E-state index in [1.165, 1.54) is 22.0 Å². The number of hydrogen-bond donors (Lipinski definition) is 0. The number of alkyl halides is 3. The Balaban J connectivity index is 1.71. The fraction of sp³-hybridized carbons (Fsp3) is 0.409. The molecule has 8 nitrogen and oxygen atoms in total. The van der Waals surface area contributed by atoms with Crippen LogP contribution in [0.5, 0.6) is 0 Å². The van der Waals surface area contributed by atoms with Gasteiger partial charge in [-0.3, -0.25) is 4.79 Å². The lowest BCUT2D eigenvalue weighted by Gasteiger charge is -2.34. The summed E-state index contributed by atoms with van der Waals surface area (Å²) in [6.07, 6.45) is 1.24. The number of halogens is 4. The molecule has 1 saturated heterocycles. The van der Waals surface area contributed by atoms with Crippen molar-refractivity contribution < 1.29 is 22.7 Å². The van der Waals surface area contributed by atoms with Crippen molar-refractivity contribution in [2.75, 3.05) is 19.8 Å². The minimum atomic E-state index is -4.64. The van der Waals surface area contributed by atoms with Crippen LogP contribution in [0.2, 0.25) is 5.02 Å². The molecule has 0 N–H and O–H groups in total. The summed E-state index contributed by atoms with van der Waals surface area (Å²) in [5, 5.41) is 4.01. The zero-order chi connectivity index (χ0) is 24.3. The lowest BCUT2D eigenvalue weighted by molar-refractivity contribution is -0.137. The molecule has 1 aliphatic rings. The smallest absolute Gasteiger partial charge is 0.381 e. The Bertz CT molecular complexity index is 1140. The van der Waals surface area contributed by atoms with E-state index in [1.807, 2.05) is 0 Å². The van der Waals surface area contributed by atoms with Crippen LogP contribution in [0.15, 0.2) is 43.0 Å². The quantitative estimate of drug-likeness (QED) is 0.506. The van der Waals surface area contributed by atoms with Gasteiger partial charge in [0.25, 0.3) is 11.9 Å². The van der Waals surface area contributed by atoms with Crippen LogP contribution in [0.1, 0.15) is 47.6 Å². The molecular formula is C22H22ClF3N6O2. The first-order valence-corrected chi connectivity index (χ1v) is 11.1. The van der Waals surface area contributed by atoms with E-state index in [1.54, 1.807) is 25.4 Å². The summed E-state index contributed by atoms with van der Waals surface area (Å²) in [6, 6.07) is 3.88. The molecule has 3 aromatic rings. The molecular weight excluding hydrogens is 473 g/mol. The molecule has 1 unspecified atom stereocenters. The van der Waals surface area contributed by atoms with Gasteiger partial charge in [0.2, 0.25) is 0 Å². The molecule has 1 fully saturated rings. The summed E-state index contributed by atoms with van der Waals surface area (Å²) in [5.41, 5.74) is -1.14. The second-order valence-electron chi connectivity index (χ2n) is 7.99. The Morgan fingerprint density at radius 3 is 2.59 bits per heavy atom. The molecule has 0 spiro atoms. The summed E-state index contributed by atoms with van der Waals surface area (Å²) in [7, 11) is 0. The van der Waals surface area contributed by atoms with Gasteiger partial charge in [-0.15, -0.1) is 0 Å². The molecule has 3 heterocycles. The normalized spacial score (nSPS) is 15.8. The molecule has 0 radical (unpaired) electrons. The largest absolute Gasteiger partial charge is 0.416 e. The molecule has 1 aromatic carbocycles. The van der Waals surface area contributed by atoms with Crippen LogP contribution < -0.4 is 0 Å². The van der Waals surface area contributed by atoms with Crippen LogP contribution in [0.4, 0.5) is 13.2 Å². The van der Waals surface area contributed by atoms with Crippen molar-refractivity contribution >= 4 is 17.5 Å². The number of hydrogen-bond acceptors (Lipinski definition) is 6. The summed E-state index contributed by atoms with van der Waals surface area (Å²) in [5.74, 6) is 0.174. The third kappa shape index (κ3) is 5.36. The van der Waals surface area contributed by atoms with Crippen molar-refractivity contribution in [3.63, 3.8) is 0 Å². The van der Waals surface area contributed by atoms with E-state index in [2.05, 4.69) is 20.1 Å². The van der Waals surface area contributed by atoms with Crippen LogP contribution in [0.25, 0.3) is 5.95 Å². The topological polar surface area (TPSA) is 86.0 Å². The maximum atomic E-state index is 13.6. The van der Waals surface area contributed by atoms with Crippen LogP contribution in [0, 0.1) is 5.92 Å². The standard InChI is InChI=1S/C22H22ClF3N6O2/c1-14(19-29-13-30-32(19)21-27-5-2-6-28-21)31(12-15-3-7-34-8-4-15)20(33)16-9-17(22(24,25)26)11-18(23)10-16/h2,5-6,9-11,13-15H,3-4,7-8,12H2,1H3. The van der Waals surface area contributed by atoms with Gasteiger partial charge in [-0.2, -0.15) is 23.0 Å². The predicted octanol–water partition coefficient (Wildman–Crippen LogP) is 4.36. The van der Waals surface area contributed by atoms with Crippen molar-refractivity contribution in [3.05, 3.63) is 65.0 Å². The predicted molar refractivity (Wildman–Crippen MR) is 116 cm³/mol. The van der Waals surface area contributed by atoms with E-state index in [9.17, 15) is 18.0 Å². The number of benzene rings is 1. The minimum absolute atomic E-state index is 0.116. The van der Waals surface area contributed by atoms with Gasteiger partial charge in [0.1, 0.15) is 6.33 Å². The Kier molecular flexibility index (Phi) is 7.13. The first kappa shape index (κ1) is 24.1. The number of ether oxygens (including phenoxy) is 1. The zero-order valence-electron chi connectivity index (χ0n) is 18.2. The Morgan fingerprint density at radius 1 is 1.21 bits per heavy atom. The lowest BCUT2D eigenvalue weighted by Crippen LogP contribution is -2.40. The first-order chi connectivity index (χ1) is 16.2. The van der Waals surface area contributed by atoms with E-state index in [-0.39, 0.29) is 22.5 Å². The second kappa shape index (κ2) is 10.1. The summed E-state index contributed by atoms with van der Waals surface area (Å²) in [4.78, 5) is 27.8. The Labute approximate surface area is 198 Å². The Morgan fingerprint density at radius 2 is 1.91 bits per heavy atom. The van der Waals surface area contributed by atoms with Gasteiger partial charge in [-0.25, -0.2) is 15.0 Å². The highest BCUT2D eigenvalue weighted by molar-refractivity contribution is 6.31. The summed E-state index contributed by atoms with van der Waals surface area (Å²) >= 11 is 5.95. The highest BCUT2D eigenvalue weighted by Gasteiger charge is 2.34. The Hall–Kier alpha value is -3.05. The zero-order valence-corrected chi connectivity index (χ0v) is 19.0. The summed E-state index contributed by atoms with van der Waals surface area (Å²) in [6.45, 7) is 3.17. The van der Waals surface area contributed by atoms with Crippen molar-refractivity contribution in [2.45, 2.75) is 32.0 Å². The SMILES string of the molecule is CC(c1ncnn1-c1ncccn1)N(CC1CCOCC1)C(=O)c1cc(Cl)cc(C(F)(F)F)c1. The maximum absolute atomic E-state index is 13.6. The van der Waals surface area contributed by atoms with Gasteiger partial charge in [0, 0.05) is 42.7 Å². The second-order valence-corrected chi connectivity index (χ2v) is 8.43. The van der Waals surface area contributed by atoms with Gasteiger partial charge in [0.05, 0.1) is 11.6 Å². The lowest BCUT2D eigenvalue weighted by atomic mass is 9.98. The van der Waals surface area contributed by atoms with Crippen molar-refractivity contribution in [1.82, 2.24) is 29.6 Å². The van der Waals surface area contributed by atoms with Crippen molar-refractivity contribution in [3.8, 4) is 5.95 Å². The number of aromatic nitrogens is 5. The average molecular weight is 495 g/mol. The molecule has 12 heteroatoms. The molecule has 1 atom stereocenters. The van der Waals surface area contributed by atoms with Crippen molar-refractivity contribution in [1.29, 1.82) is 0 Å². The van der Waals surface area contributed by atoms with E-state index in [4.69, 9.17) is 16.3 Å². The highest BCUT2D eigenvalue weighted by Crippen LogP contribution is 2.33. The van der Waals surface area contributed by atoms with E-state index < -0.39 is 23.7 Å². The third-order valence-corrected chi connectivity index (χ3v) is 5.90. The maximum Gasteiger partial charge on any atom is 0.416 e. The number of amides is 1. The van der Waals surface area contributed by atoms with Crippen LogP contribution in [-0.4, -0.2) is 55.3 Å². The van der Waals surface area contributed by atoms with E-state index in [0.29, 0.717) is 25.6 Å². The van der Waals surface area contributed by atoms with E-state index >= 15 is 0 Å². The molecule has 1 aliphatic heterocycles. The monoisotopic (exact) mass is 494 g/mol. The molecule has 4 rings (SSSR count). The fourth-order valence-electron chi connectivity index (χ4n) is 3.90. The highest BCUT2D eigenvalue weighted by atomic mass is 35.5. The number of nitrogens with zero attached hydrogens (tertiary/aromatic N) is 6. The molecule has 1 amide bonds. The molecule has 0 bridgehead atoms. The third-order valence-electron chi connectivity index (χ3n) is 5.69. The molecule has 34 heavy (non-hydrogen) atoms. The molecule has 2 aromatic heterocycles. The first-order valence-electron chi connectivity index (χ1n) is 10.7. The molecule has 0 aliphatic carbocycles. The van der Waals surface area contributed by atoms with Crippen LogP contribution in [0.3, 0.4) is 0 Å². The van der Waals surface area contributed by atoms with Gasteiger partial charge in [0.15, 0.2) is 5.82 Å². The van der Waals surface area contributed by atoms with Crippen LogP contribution in [-0.2, 0) is 10.9 Å². The fourth-order valence-corrected chi connectivity index (χ4v) is 4.13. The molecule has 0 saturated carbocycles. The van der Waals surface area contributed by atoms with Gasteiger partial charge in [-0.1, -0.05) is 11.6 Å². The van der Waals surface area contributed by atoms with Crippen LogP contribution >= 0.6 is 11.6 Å². The summed E-state index contributed by atoms with van der Waals surface area (Å²) < 4.78 is 47.0. The number of rotatable bonds is 6. The van der Waals surface area contributed by atoms with E-state index in [0.717, 1.165) is 25.0 Å². The average Bonchev–Trinajstić information content (AvgIpc) is 3.32. The van der Waals surface area contributed by atoms with Gasteiger partial charge in [-0.05, 0) is 49.9 Å². The van der Waals surface area contributed by atoms with Gasteiger partial charge >= 0.3 is 6.18 Å².